The van der Waals surface area contributed by atoms with Gasteiger partial charge in [-0.05, 0) is 67.8 Å². The van der Waals surface area contributed by atoms with Crippen LogP contribution in [-0.4, -0.2) is 33.7 Å². The number of ether oxygens (including phenoxy) is 1. The Kier molecular flexibility index (Phi) is 6.49. The number of hydrogen-bond donors (Lipinski definition) is 1. The zero-order chi connectivity index (χ0) is 20.2. The van der Waals surface area contributed by atoms with Crippen molar-refractivity contribution in [1.29, 1.82) is 0 Å². The number of nitrogens with zero attached hydrogens (tertiary/aromatic N) is 1. The number of carbonyl (C=O) groups excluding carboxylic acids is 1. The topological polar surface area (TPSA) is 75.7 Å². The second-order valence-electron chi connectivity index (χ2n) is 6.55. The van der Waals surface area contributed by atoms with Gasteiger partial charge in [0.25, 0.3) is 0 Å². The predicted molar refractivity (Wildman–Crippen MR) is 109 cm³/mol. The molecule has 7 heteroatoms. The summed E-state index contributed by atoms with van der Waals surface area (Å²) < 4.78 is 31.4. The number of benzene rings is 2. The molecule has 0 aromatic heterocycles. The molecule has 0 aliphatic rings. The van der Waals surface area contributed by atoms with Crippen molar-refractivity contribution in [3.8, 4) is 5.75 Å². The minimum Gasteiger partial charge on any atom is -0.497 e. The molecule has 2 rings (SSSR count). The van der Waals surface area contributed by atoms with Crippen molar-refractivity contribution in [1.82, 2.24) is 0 Å². The van der Waals surface area contributed by atoms with Gasteiger partial charge in [0.2, 0.25) is 15.9 Å². The third-order valence-corrected chi connectivity index (χ3v) is 5.33. The van der Waals surface area contributed by atoms with Gasteiger partial charge in [0.15, 0.2) is 0 Å². The van der Waals surface area contributed by atoms with Crippen LogP contribution in [0.4, 0.5) is 11.4 Å². The Morgan fingerprint density at radius 3 is 2.11 bits per heavy atom. The Labute approximate surface area is 161 Å². The summed E-state index contributed by atoms with van der Waals surface area (Å²) in [6.45, 7) is 5.59. The lowest BCUT2D eigenvalue weighted by molar-refractivity contribution is -0.117. The zero-order valence-electron chi connectivity index (χ0n) is 16.3. The van der Waals surface area contributed by atoms with E-state index in [1.807, 2.05) is 19.9 Å². The average molecular weight is 391 g/mol. The van der Waals surface area contributed by atoms with Crippen LogP contribution in [0.3, 0.4) is 0 Å². The third-order valence-electron chi connectivity index (χ3n) is 4.15. The molecule has 0 unspecified atom stereocenters. The van der Waals surface area contributed by atoms with Crippen LogP contribution < -0.4 is 14.4 Å². The summed E-state index contributed by atoms with van der Waals surface area (Å²) >= 11 is 0. The average Bonchev–Trinajstić information content (AvgIpc) is 2.58. The molecular formula is C20H26N2O4S. The van der Waals surface area contributed by atoms with E-state index >= 15 is 0 Å². The van der Waals surface area contributed by atoms with E-state index in [9.17, 15) is 13.2 Å². The van der Waals surface area contributed by atoms with E-state index < -0.39 is 16.1 Å². The first-order valence-corrected chi connectivity index (χ1v) is 10.5. The van der Waals surface area contributed by atoms with Crippen LogP contribution in [0.2, 0.25) is 0 Å². The van der Waals surface area contributed by atoms with Gasteiger partial charge in [-0.2, -0.15) is 0 Å². The maximum Gasteiger partial charge on any atom is 0.248 e. The van der Waals surface area contributed by atoms with E-state index in [4.69, 9.17) is 4.74 Å². The molecule has 146 valence electrons. The fourth-order valence-electron chi connectivity index (χ4n) is 3.04. The third kappa shape index (κ3) is 5.23. The summed E-state index contributed by atoms with van der Waals surface area (Å²) in [6.07, 6.45) is 1.45. The maximum absolute atomic E-state index is 12.9. The SMILES string of the molecule is CC[C@H](C(=O)Nc1ccc(OC)cc1)N(c1cc(C)cc(C)c1)S(C)(=O)=O. The lowest BCUT2D eigenvalue weighted by atomic mass is 10.1. The minimum absolute atomic E-state index is 0.335. The fraction of sp³-hybridized carbons (Fsp3) is 0.350. The molecule has 0 saturated carbocycles. The molecule has 0 radical (unpaired) electrons. The standard InChI is InChI=1S/C20H26N2O4S/c1-6-19(20(23)21-16-7-9-18(26-4)10-8-16)22(27(5,24)25)17-12-14(2)11-15(3)13-17/h7-13,19H,6H2,1-5H3,(H,21,23)/t19-/m1/s1. The van der Waals surface area contributed by atoms with Gasteiger partial charge in [0.1, 0.15) is 11.8 Å². The maximum atomic E-state index is 12.9. The first-order chi connectivity index (χ1) is 12.7. The van der Waals surface area contributed by atoms with Crippen molar-refractivity contribution in [2.24, 2.45) is 0 Å². The largest absolute Gasteiger partial charge is 0.497 e. The molecule has 1 N–H and O–H groups in total. The first-order valence-electron chi connectivity index (χ1n) is 8.68. The molecule has 0 spiro atoms. The fourth-order valence-corrected chi connectivity index (χ4v) is 4.23. The van der Waals surface area contributed by atoms with Crippen molar-refractivity contribution in [2.45, 2.75) is 33.2 Å². The Morgan fingerprint density at radius 1 is 1.11 bits per heavy atom. The molecule has 2 aromatic carbocycles. The van der Waals surface area contributed by atoms with Crippen molar-refractivity contribution >= 4 is 27.3 Å². The molecule has 0 saturated heterocycles. The van der Waals surface area contributed by atoms with Gasteiger partial charge in [0.05, 0.1) is 19.1 Å². The van der Waals surface area contributed by atoms with Crippen LogP contribution in [-0.2, 0) is 14.8 Å². The number of carbonyl (C=O) groups is 1. The lowest BCUT2D eigenvalue weighted by Gasteiger charge is -2.30. The molecule has 2 aromatic rings. The van der Waals surface area contributed by atoms with Crippen molar-refractivity contribution in [3.05, 3.63) is 53.6 Å². The molecule has 0 aliphatic heterocycles. The number of aryl methyl sites for hydroxylation is 2. The van der Waals surface area contributed by atoms with Crippen molar-refractivity contribution < 1.29 is 17.9 Å². The highest BCUT2D eigenvalue weighted by Gasteiger charge is 2.31. The molecule has 0 bridgehead atoms. The van der Waals surface area contributed by atoms with E-state index in [2.05, 4.69) is 5.32 Å². The molecule has 0 heterocycles. The van der Waals surface area contributed by atoms with Gasteiger partial charge in [-0.1, -0.05) is 13.0 Å². The summed E-state index contributed by atoms with van der Waals surface area (Å²) in [6, 6.07) is 11.5. The molecule has 1 amide bonds. The van der Waals surface area contributed by atoms with E-state index in [1.165, 1.54) is 4.31 Å². The number of sulfonamides is 1. The molecule has 1 atom stereocenters. The van der Waals surface area contributed by atoms with E-state index in [0.717, 1.165) is 17.4 Å². The van der Waals surface area contributed by atoms with Gasteiger partial charge in [0, 0.05) is 5.69 Å². The van der Waals surface area contributed by atoms with Gasteiger partial charge in [-0.3, -0.25) is 9.10 Å². The van der Waals surface area contributed by atoms with Crippen LogP contribution in [0.25, 0.3) is 0 Å². The Hall–Kier alpha value is -2.54. The normalized spacial score (nSPS) is 12.3. The van der Waals surface area contributed by atoms with E-state index in [0.29, 0.717) is 23.5 Å². The second kappa shape index (κ2) is 8.43. The first kappa shape index (κ1) is 20.8. The smallest absolute Gasteiger partial charge is 0.248 e. The Bertz CT molecular complexity index is 888. The molecule has 27 heavy (non-hydrogen) atoms. The highest BCUT2D eigenvalue weighted by Crippen LogP contribution is 2.26. The van der Waals surface area contributed by atoms with Crippen LogP contribution in [0, 0.1) is 13.8 Å². The zero-order valence-corrected chi connectivity index (χ0v) is 17.1. The van der Waals surface area contributed by atoms with Crippen molar-refractivity contribution in [2.75, 3.05) is 23.0 Å². The Balaban J connectivity index is 2.37. The molecular weight excluding hydrogens is 364 g/mol. The van der Waals surface area contributed by atoms with Gasteiger partial charge >= 0.3 is 0 Å². The predicted octanol–water partition coefficient (Wildman–Crippen LogP) is 3.50. The summed E-state index contributed by atoms with van der Waals surface area (Å²) in [5.41, 5.74) is 2.94. The van der Waals surface area contributed by atoms with E-state index in [1.54, 1.807) is 50.4 Å². The number of anilines is 2. The Morgan fingerprint density at radius 2 is 1.67 bits per heavy atom. The molecule has 0 fully saturated rings. The quantitative estimate of drug-likeness (QED) is 0.785. The van der Waals surface area contributed by atoms with Gasteiger partial charge in [-0.25, -0.2) is 8.42 Å². The van der Waals surface area contributed by atoms with Gasteiger partial charge < -0.3 is 10.1 Å². The summed E-state index contributed by atoms with van der Waals surface area (Å²) in [7, 11) is -2.09. The molecule has 6 nitrogen and oxygen atoms in total. The monoisotopic (exact) mass is 390 g/mol. The lowest BCUT2D eigenvalue weighted by Crippen LogP contribution is -2.47. The highest BCUT2D eigenvalue weighted by atomic mass is 32.2. The highest BCUT2D eigenvalue weighted by molar-refractivity contribution is 7.92. The minimum atomic E-state index is -3.66. The number of amides is 1. The van der Waals surface area contributed by atoms with Crippen LogP contribution in [0.15, 0.2) is 42.5 Å². The summed E-state index contributed by atoms with van der Waals surface area (Å²) in [5, 5.41) is 2.80. The number of rotatable bonds is 7. The van der Waals surface area contributed by atoms with Gasteiger partial charge in [-0.15, -0.1) is 0 Å². The van der Waals surface area contributed by atoms with Crippen LogP contribution >= 0.6 is 0 Å². The van der Waals surface area contributed by atoms with E-state index in [-0.39, 0.29) is 5.91 Å². The summed E-state index contributed by atoms with van der Waals surface area (Å²) in [4.78, 5) is 12.9. The number of hydrogen-bond acceptors (Lipinski definition) is 4. The second-order valence-corrected chi connectivity index (χ2v) is 8.41. The number of methoxy groups -OCH3 is 1. The van der Waals surface area contributed by atoms with Crippen LogP contribution in [0.5, 0.6) is 5.75 Å². The summed E-state index contributed by atoms with van der Waals surface area (Å²) in [5.74, 6) is 0.292. The molecule has 0 aliphatic carbocycles. The van der Waals surface area contributed by atoms with Crippen LogP contribution in [0.1, 0.15) is 24.5 Å². The number of nitrogens with one attached hydrogen (secondary N) is 1. The van der Waals surface area contributed by atoms with Crippen molar-refractivity contribution in [3.63, 3.8) is 0 Å².